The van der Waals surface area contributed by atoms with Crippen LogP contribution in [0.5, 0.6) is 5.75 Å². The normalized spacial score (nSPS) is 10.2. The molecule has 0 saturated carbocycles. The molecule has 0 bridgehead atoms. The zero-order valence-electron chi connectivity index (χ0n) is 10.9. The highest BCUT2D eigenvalue weighted by Crippen LogP contribution is 2.30. The highest BCUT2D eigenvalue weighted by molar-refractivity contribution is 5.67. The van der Waals surface area contributed by atoms with Crippen LogP contribution in [0.2, 0.25) is 0 Å². The van der Waals surface area contributed by atoms with Gasteiger partial charge in [-0.3, -0.25) is 10.1 Å². The van der Waals surface area contributed by atoms with E-state index < -0.39 is 10.7 Å². The van der Waals surface area contributed by atoms with Crippen LogP contribution in [0, 0.1) is 15.9 Å². The van der Waals surface area contributed by atoms with Gasteiger partial charge in [0.05, 0.1) is 23.8 Å². The molecule has 104 valence electrons. The molecule has 20 heavy (non-hydrogen) atoms. The molecule has 1 N–H and O–H groups in total. The molecule has 1 aromatic carbocycles. The van der Waals surface area contributed by atoms with Gasteiger partial charge in [0.25, 0.3) is 5.69 Å². The lowest BCUT2D eigenvalue weighted by atomic mass is 10.1. The summed E-state index contributed by atoms with van der Waals surface area (Å²) in [7, 11) is 2.93. The lowest BCUT2D eigenvalue weighted by molar-refractivity contribution is -0.384. The average Bonchev–Trinajstić information content (AvgIpc) is 2.46. The first-order valence-electron chi connectivity index (χ1n) is 5.74. The number of pyridine rings is 1. The van der Waals surface area contributed by atoms with Crippen molar-refractivity contribution in [3.05, 3.63) is 46.3 Å². The highest BCUT2D eigenvalue weighted by atomic mass is 19.1. The standard InChI is InChI=1S/C13H12FN3O3/c1-15-12-7-8(17(18)19)6-10(16-12)9-4-3-5-11(20-2)13(9)14/h3-7H,1-2H3,(H,15,16). The molecule has 2 rings (SSSR count). The fraction of sp³-hybridized carbons (Fsp3) is 0.154. The van der Waals surface area contributed by atoms with Crippen molar-refractivity contribution in [2.24, 2.45) is 0 Å². The maximum Gasteiger partial charge on any atom is 0.275 e. The largest absolute Gasteiger partial charge is 0.494 e. The summed E-state index contributed by atoms with van der Waals surface area (Å²) in [6.07, 6.45) is 0. The first-order valence-corrected chi connectivity index (χ1v) is 5.74. The summed E-state index contributed by atoms with van der Waals surface area (Å²) in [4.78, 5) is 14.5. The number of nitrogens with zero attached hydrogens (tertiary/aromatic N) is 2. The van der Waals surface area contributed by atoms with E-state index in [-0.39, 0.29) is 28.5 Å². The molecule has 1 aromatic heterocycles. The molecule has 0 spiro atoms. The first kappa shape index (κ1) is 13.7. The molecule has 0 aliphatic rings. The monoisotopic (exact) mass is 277 g/mol. The van der Waals surface area contributed by atoms with Gasteiger partial charge in [0.1, 0.15) is 5.82 Å². The molecule has 0 aliphatic carbocycles. The SMILES string of the molecule is CNc1cc([N+](=O)[O-])cc(-c2cccc(OC)c2F)n1. The first-order chi connectivity index (χ1) is 9.56. The smallest absolute Gasteiger partial charge is 0.275 e. The van der Waals surface area contributed by atoms with E-state index in [1.54, 1.807) is 13.1 Å². The molecule has 1 heterocycles. The van der Waals surface area contributed by atoms with Crippen molar-refractivity contribution in [3.8, 4) is 17.0 Å². The number of halogens is 1. The Morgan fingerprint density at radius 1 is 1.40 bits per heavy atom. The number of hydrogen-bond acceptors (Lipinski definition) is 5. The molecule has 0 fully saturated rings. The lowest BCUT2D eigenvalue weighted by Gasteiger charge is -2.08. The third kappa shape index (κ3) is 2.51. The summed E-state index contributed by atoms with van der Waals surface area (Å²) < 4.78 is 19.1. The second-order valence-corrected chi connectivity index (χ2v) is 3.92. The Labute approximate surface area is 114 Å². The summed E-state index contributed by atoms with van der Waals surface area (Å²) in [5.41, 5.74) is 0.145. The van der Waals surface area contributed by atoms with Crippen LogP contribution in [0.3, 0.4) is 0 Å². The van der Waals surface area contributed by atoms with Crippen molar-refractivity contribution < 1.29 is 14.1 Å². The van der Waals surface area contributed by atoms with Crippen LogP contribution < -0.4 is 10.1 Å². The van der Waals surface area contributed by atoms with Crippen molar-refractivity contribution in [1.82, 2.24) is 4.98 Å². The number of benzene rings is 1. The molecular formula is C13H12FN3O3. The molecule has 0 aliphatic heterocycles. The maximum absolute atomic E-state index is 14.2. The van der Waals surface area contributed by atoms with Crippen molar-refractivity contribution in [2.75, 3.05) is 19.5 Å². The lowest BCUT2D eigenvalue weighted by Crippen LogP contribution is -1.99. The van der Waals surface area contributed by atoms with Gasteiger partial charge in [0, 0.05) is 18.7 Å². The second-order valence-electron chi connectivity index (χ2n) is 3.92. The number of hydrogen-bond donors (Lipinski definition) is 1. The van der Waals surface area contributed by atoms with Crippen molar-refractivity contribution in [1.29, 1.82) is 0 Å². The van der Waals surface area contributed by atoms with E-state index in [9.17, 15) is 14.5 Å². The third-order valence-electron chi connectivity index (χ3n) is 2.74. The van der Waals surface area contributed by atoms with Gasteiger partial charge in [-0.2, -0.15) is 0 Å². The number of nitro groups is 1. The number of methoxy groups -OCH3 is 1. The summed E-state index contributed by atoms with van der Waals surface area (Å²) in [6, 6.07) is 7.05. The van der Waals surface area contributed by atoms with Gasteiger partial charge >= 0.3 is 0 Å². The van der Waals surface area contributed by atoms with E-state index in [0.717, 1.165) is 0 Å². The van der Waals surface area contributed by atoms with E-state index in [1.807, 2.05) is 0 Å². The number of anilines is 1. The summed E-state index contributed by atoms with van der Waals surface area (Å²) in [5.74, 6) is -0.261. The summed E-state index contributed by atoms with van der Waals surface area (Å²) >= 11 is 0. The molecule has 6 nitrogen and oxygen atoms in total. The van der Waals surface area contributed by atoms with Gasteiger partial charge in [-0.15, -0.1) is 0 Å². The van der Waals surface area contributed by atoms with E-state index in [1.165, 1.54) is 31.4 Å². The Bertz CT molecular complexity index is 661. The van der Waals surface area contributed by atoms with Crippen molar-refractivity contribution >= 4 is 11.5 Å². The molecular weight excluding hydrogens is 265 g/mol. The topological polar surface area (TPSA) is 77.3 Å². The third-order valence-corrected chi connectivity index (χ3v) is 2.74. The van der Waals surface area contributed by atoms with Crippen LogP contribution in [0.4, 0.5) is 15.9 Å². The molecule has 0 unspecified atom stereocenters. The van der Waals surface area contributed by atoms with Gasteiger partial charge in [0.15, 0.2) is 11.6 Å². The molecule has 0 saturated heterocycles. The Morgan fingerprint density at radius 3 is 2.75 bits per heavy atom. The Kier molecular flexibility index (Phi) is 3.79. The second kappa shape index (κ2) is 5.52. The van der Waals surface area contributed by atoms with Crippen molar-refractivity contribution in [2.45, 2.75) is 0 Å². The Morgan fingerprint density at radius 2 is 2.15 bits per heavy atom. The van der Waals surface area contributed by atoms with Crippen LogP contribution in [-0.2, 0) is 0 Å². The minimum Gasteiger partial charge on any atom is -0.494 e. The summed E-state index contributed by atoms with van der Waals surface area (Å²) in [5, 5.41) is 13.6. The molecule has 0 radical (unpaired) electrons. The van der Waals surface area contributed by atoms with Gasteiger partial charge in [0.2, 0.25) is 0 Å². The zero-order chi connectivity index (χ0) is 14.7. The van der Waals surface area contributed by atoms with E-state index in [2.05, 4.69) is 10.3 Å². The van der Waals surface area contributed by atoms with E-state index in [0.29, 0.717) is 0 Å². The van der Waals surface area contributed by atoms with E-state index in [4.69, 9.17) is 4.74 Å². The zero-order valence-corrected chi connectivity index (χ0v) is 10.9. The van der Waals surface area contributed by atoms with Crippen LogP contribution in [0.15, 0.2) is 30.3 Å². The van der Waals surface area contributed by atoms with Crippen LogP contribution in [0.1, 0.15) is 0 Å². The van der Waals surface area contributed by atoms with Gasteiger partial charge in [-0.25, -0.2) is 9.37 Å². The molecule has 2 aromatic rings. The predicted octanol–water partition coefficient (Wildman–Crippen LogP) is 2.85. The van der Waals surface area contributed by atoms with Gasteiger partial charge in [-0.1, -0.05) is 6.07 Å². The average molecular weight is 277 g/mol. The highest BCUT2D eigenvalue weighted by Gasteiger charge is 2.16. The fourth-order valence-electron chi connectivity index (χ4n) is 1.75. The van der Waals surface area contributed by atoms with Gasteiger partial charge in [-0.05, 0) is 12.1 Å². The maximum atomic E-state index is 14.2. The molecule has 0 atom stereocenters. The number of rotatable bonds is 4. The summed E-state index contributed by atoms with van der Waals surface area (Å²) in [6.45, 7) is 0. The predicted molar refractivity (Wildman–Crippen MR) is 72.4 cm³/mol. The fourth-order valence-corrected chi connectivity index (χ4v) is 1.75. The van der Waals surface area contributed by atoms with Crippen LogP contribution in [-0.4, -0.2) is 24.1 Å². The van der Waals surface area contributed by atoms with Crippen LogP contribution >= 0.6 is 0 Å². The quantitative estimate of drug-likeness (QED) is 0.686. The Hall–Kier alpha value is -2.70. The number of nitrogens with one attached hydrogen (secondary N) is 1. The number of aromatic nitrogens is 1. The van der Waals surface area contributed by atoms with Crippen LogP contribution in [0.25, 0.3) is 11.3 Å². The number of ether oxygens (including phenoxy) is 1. The van der Waals surface area contributed by atoms with E-state index >= 15 is 0 Å². The Balaban J connectivity index is 2.63. The van der Waals surface area contributed by atoms with Crippen molar-refractivity contribution in [3.63, 3.8) is 0 Å². The van der Waals surface area contributed by atoms with Gasteiger partial charge < -0.3 is 10.1 Å². The minimum absolute atomic E-state index is 0.0572. The molecule has 7 heteroatoms. The molecule has 0 amide bonds. The minimum atomic E-state index is -0.606.